The van der Waals surface area contributed by atoms with Gasteiger partial charge in [0.15, 0.2) is 5.41 Å². The van der Waals surface area contributed by atoms with Crippen molar-refractivity contribution in [2.75, 3.05) is 33.0 Å². The summed E-state index contributed by atoms with van der Waals surface area (Å²) in [4.78, 5) is 36.5. The van der Waals surface area contributed by atoms with E-state index in [1.807, 2.05) is 0 Å². The van der Waals surface area contributed by atoms with Crippen LogP contribution < -0.4 is 5.32 Å². The van der Waals surface area contributed by atoms with Gasteiger partial charge < -0.3 is 19.5 Å². The second kappa shape index (κ2) is 8.73. The number of hydrogen-bond acceptors (Lipinski definition) is 6. The largest absolute Gasteiger partial charge is 0.465 e. The van der Waals surface area contributed by atoms with E-state index in [4.69, 9.17) is 14.2 Å². The summed E-state index contributed by atoms with van der Waals surface area (Å²) in [6.07, 6.45) is 1.08. The first kappa shape index (κ1) is 18.4. The molecule has 0 radical (unpaired) electrons. The zero-order valence-corrected chi connectivity index (χ0v) is 13.5. The van der Waals surface area contributed by atoms with Crippen LogP contribution >= 0.6 is 0 Å². The Bertz CT molecular complexity index is 385. The van der Waals surface area contributed by atoms with Crippen molar-refractivity contribution < 1.29 is 28.6 Å². The Morgan fingerprint density at radius 3 is 2.00 bits per heavy atom. The molecule has 0 aromatic heterocycles. The van der Waals surface area contributed by atoms with Crippen LogP contribution in [0.2, 0.25) is 0 Å². The first-order valence-corrected chi connectivity index (χ1v) is 7.65. The van der Waals surface area contributed by atoms with Crippen molar-refractivity contribution in [2.45, 2.75) is 33.6 Å². The minimum atomic E-state index is -1.51. The number of nitrogens with one attached hydrogen (secondary N) is 1. The molecule has 0 saturated carbocycles. The third-order valence-corrected chi connectivity index (χ3v) is 3.81. The van der Waals surface area contributed by atoms with E-state index in [1.165, 1.54) is 6.92 Å². The molecule has 0 aromatic carbocycles. The Labute approximate surface area is 130 Å². The number of carbonyl (C=O) groups excluding carboxylic acids is 3. The molecule has 126 valence electrons. The van der Waals surface area contributed by atoms with Crippen molar-refractivity contribution in [3.8, 4) is 0 Å². The molecule has 1 saturated heterocycles. The van der Waals surface area contributed by atoms with E-state index in [1.54, 1.807) is 13.8 Å². The van der Waals surface area contributed by atoms with Crippen molar-refractivity contribution in [3.05, 3.63) is 0 Å². The Hall–Kier alpha value is -1.63. The van der Waals surface area contributed by atoms with E-state index in [2.05, 4.69) is 5.32 Å². The highest BCUT2D eigenvalue weighted by Gasteiger charge is 2.55. The number of carbonyl (C=O) groups is 3. The van der Waals surface area contributed by atoms with Crippen LogP contribution in [0.25, 0.3) is 0 Å². The number of rotatable bonds is 7. The average molecular weight is 315 g/mol. The summed E-state index contributed by atoms with van der Waals surface area (Å²) in [7, 11) is 0. The second-order valence-corrected chi connectivity index (χ2v) is 5.21. The van der Waals surface area contributed by atoms with Crippen molar-refractivity contribution in [3.63, 3.8) is 0 Å². The lowest BCUT2D eigenvalue weighted by molar-refractivity contribution is -0.179. The molecule has 0 aromatic rings. The highest BCUT2D eigenvalue weighted by atomic mass is 16.6. The van der Waals surface area contributed by atoms with Gasteiger partial charge in [0.25, 0.3) is 0 Å². The molecular formula is C15H25NO6. The number of ether oxygens (including phenoxy) is 3. The molecule has 1 fully saturated rings. The van der Waals surface area contributed by atoms with Crippen LogP contribution in [0.1, 0.15) is 33.6 Å². The van der Waals surface area contributed by atoms with Gasteiger partial charge in [0.05, 0.1) is 13.2 Å². The molecule has 22 heavy (non-hydrogen) atoms. The SMILES string of the molecule is CCOC(=O)C(CNC(C)=O)(C(=O)OCC)C1CCOCC1. The maximum Gasteiger partial charge on any atom is 0.325 e. The molecule has 0 bridgehead atoms. The first-order chi connectivity index (χ1) is 10.5. The fourth-order valence-electron chi connectivity index (χ4n) is 2.68. The predicted octanol–water partition coefficient (Wildman–Crippen LogP) is 0.662. The van der Waals surface area contributed by atoms with Gasteiger partial charge in [-0.3, -0.25) is 14.4 Å². The molecule has 7 nitrogen and oxygen atoms in total. The molecule has 1 N–H and O–H groups in total. The lowest BCUT2D eigenvalue weighted by Crippen LogP contribution is -2.55. The molecule has 0 atom stereocenters. The van der Waals surface area contributed by atoms with Gasteiger partial charge in [0.2, 0.25) is 5.91 Å². The molecule has 1 heterocycles. The third-order valence-electron chi connectivity index (χ3n) is 3.81. The van der Waals surface area contributed by atoms with Gasteiger partial charge >= 0.3 is 11.9 Å². The van der Waals surface area contributed by atoms with E-state index in [0.29, 0.717) is 26.1 Å². The molecule has 1 amide bonds. The van der Waals surface area contributed by atoms with E-state index >= 15 is 0 Å². The highest BCUT2D eigenvalue weighted by Crippen LogP contribution is 2.37. The maximum absolute atomic E-state index is 12.6. The fourth-order valence-corrected chi connectivity index (χ4v) is 2.68. The predicted molar refractivity (Wildman–Crippen MR) is 77.9 cm³/mol. The summed E-state index contributed by atoms with van der Waals surface area (Å²) in [5.74, 6) is -1.89. The minimum Gasteiger partial charge on any atom is -0.465 e. The molecule has 1 aliphatic heterocycles. The van der Waals surface area contributed by atoms with Crippen molar-refractivity contribution in [1.29, 1.82) is 0 Å². The van der Waals surface area contributed by atoms with Gasteiger partial charge in [0.1, 0.15) is 0 Å². The molecule has 0 unspecified atom stereocenters. The van der Waals surface area contributed by atoms with Gasteiger partial charge in [-0.05, 0) is 32.6 Å². The van der Waals surface area contributed by atoms with Crippen molar-refractivity contribution >= 4 is 17.8 Å². The van der Waals surface area contributed by atoms with Crippen LogP contribution in [-0.4, -0.2) is 50.8 Å². The van der Waals surface area contributed by atoms with E-state index in [9.17, 15) is 14.4 Å². The van der Waals surface area contributed by atoms with E-state index in [-0.39, 0.29) is 31.6 Å². The molecular weight excluding hydrogens is 290 g/mol. The number of hydrogen-bond donors (Lipinski definition) is 1. The van der Waals surface area contributed by atoms with Gasteiger partial charge in [-0.25, -0.2) is 0 Å². The quantitative estimate of drug-likeness (QED) is 0.548. The van der Waals surface area contributed by atoms with Crippen LogP contribution in [0.3, 0.4) is 0 Å². The van der Waals surface area contributed by atoms with Crippen LogP contribution in [0.5, 0.6) is 0 Å². The molecule has 7 heteroatoms. The van der Waals surface area contributed by atoms with Crippen molar-refractivity contribution in [2.24, 2.45) is 11.3 Å². The smallest absolute Gasteiger partial charge is 0.325 e. The molecule has 0 aliphatic carbocycles. The van der Waals surface area contributed by atoms with E-state index < -0.39 is 17.4 Å². The average Bonchev–Trinajstić information content (AvgIpc) is 2.49. The molecule has 1 aliphatic rings. The van der Waals surface area contributed by atoms with E-state index in [0.717, 1.165) is 0 Å². The Morgan fingerprint density at radius 1 is 1.09 bits per heavy atom. The summed E-state index contributed by atoms with van der Waals surface area (Å²) < 4.78 is 15.6. The summed E-state index contributed by atoms with van der Waals surface area (Å²) in [5, 5.41) is 2.58. The van der Waals surface area contributed by atoms with Gasteiger partial charge in [-0.1, -0.05) is 0 Å². The normalized spacial score (nSPS) is 16.0. The fraction of sp³-hybridized carbons (Fsp3) is 0.800. The van der Waals surface area contributed by atoms with Crippen LogP contribution in [-0.2, 0) is 28.6 Å². The lowest BCUT2D eigenvalue weighted by Gasteiger charge is -2.38. The van der Waals surface area contributed by atoms with Crippen molar-refractivity contribution in [1.82, 2.24) is 5.32 Å². The summed E-state index contributed by atoms with van der Waals surface area (Å²) in [5.41, 5.74) is -1.51. The highest BCUT2D eigenvalue weighted by molar-refractivity contribution is 6.01. The third kappa shape index (κ3) is 4.19. The van der Waals surface area contributed by atoms with Gasteiger partial charge in [0, 0.05) is 26.7 Å². The zero-order valence-electron chi connectivity index (χ0n) is 13.5. The summed E-state index contributed by atoms with van der Waals surface area (Å²) in [6, 6.07) is 0. The maximum atomic E-state index is 12.6. The zero-order chi connectivity index (χ0) is 16.6. The van der Waals surface area contributed by atoms with Gasteiger partial charge in [-0.2, -0.15) is 0 Å². The van der Waals surface area contributed by atoms with Crippen LogP contribution in [0, 0.1) is 11.3 Å². The number of esters is 2. The Kier molecular flexibility index (Phi) is 7.31. The topological polar surface area (TPSA) is 90.9 Å². The second-order valence-electron chi connectivity index (χ2n) is 5.21. The number of amides is 1. The minimum absolute atomic E-state index is 0.120. The standard InChI is InChI=1S/C15H25NO6/c1-4-21-13(18)15(10-16-11(3)17,14(19)22-5-2)12-6-8-20-9-7-12/h12H,4-10H2,1-3H3,(H,16,17). The summed E-state index contributed by atoms with van der Waals surface area (Å²) in [6.45, 7) is 5.81. The van der Waals surface area contributed by atoms with Gasteiger partial charge in [-0.15, -0.1) is 0 Å². The first-order valence-electron chi connectivity index (χ1n) is 7.65. The molecule has 1 rings (SSSR count). The lowest BCUT2D eigenvalue weighted by atomic mass is 9.71. The monoisotopic (exact) mass is 315 g/mol. The van der Waals surface area contributed by atoms with Crippen LogP contribution in [0.15, 0.2) is 0 Å². The molecule has 0 spiro atoms. The Morgan fingerprint density at radius 2 is 1.59 bits per heavy atom. The summed E-state index contributed by atoms with van der Waals surface area (Å²) >= 11 is 0. The van der Waals surface area contributed by atoms with Crippen LogP contribution in [0.4, 0.5) is 0 Å². The Balaban J connectivity index is 3.16.